The number of rotatable bonds is 8. The van der Waals surface area contributed by atoms with Crippen molar-refractivity contribution in [3.05, 3.63) is 59.3 Å². The molecule has 0 bridgehead atoms. The normalized spacial score (nSPS) is 14.5. The number of furan rings is 1. The Labute approximate surface area is 195 Å². The van der Waals surface area contributed by atoms with Gasteiger partial charge in [0.05, 0.1) is 23.5 Å². The Hall–Kier alpha value is -2.62. The van der Waals surface area contributed by atoms with Crippen LogP contribution in [0.15, 0.2) is 52.5 Å². The third kappa shape index (κ3) is 6.21. The molecule has 2 aromatic heterocycles. The van der Waals surface area contributed by atoms with Gasteiger partial charge in [0.15, 0.2) is 10.8 Å². The molecule has 0 saturated carbocycles. The fourth-order valence-corrected chi connectivity index (χ4v) is 5.01. The van der Waals surface area contributed by atoms with Crippen LogP contribution in [0.2, 0.25) is 0 Å². The number of nitrogens with one attached hydrogen (secondary N) is 1. The van der Waals surface area contributed by atoms with Gasteiger partial charge < -0.3 is 14.6 Å². The first-order valence-corrected chi connectivity index (χ1v) is 12.5. The zero-order valence-corrected chi connectivity index (χ0v) is 19.6. The van der Waals surface area contributed by atoms with E-state index < -0.39 is 0 Å². The molecule has 0 atom stereocenters. The number of carbonyl (C=O) groups excluding carboxylic acids is 2. The number of nitrogens with zero attached hydrogens (tertiary/aromatic N) is 3. The molecule has 1 saturated heterocycles. The number of anilines is 1. The smallest absolute Gasteiger partial charge is 0.234 e. The third-order valence-electron chi connectivity index (χ3n) is 5.15. The number of carbonyl (C=O) groups is 2. The van der Waals surface area contributed by atoms with Crippen LogP contribution in [-0.4, -0.2) is 64.3 Å². The molecule has 1 aliphatic heterocycles. The summed E-state index contributed by atoms with van der Waals surface area (Å²) in [6.45, 7) is 5.79. The molecule has 9 heteroatoms. The lowest BCUT2D eigenvalue weighted by Crippen LogP contribution is -2.48. The van der Waals surface area contributed by atoms with Crippen molar-refractivity contribution in [2.45, 2.75) is 13.5 Å². The molecule has 0 aliphatic carbocycles. The molecule has 32 heavy (non-hydrogen) atoms. The second-order valence-corrected chi connectivity index (χ2v) is 9.53. The summed E-state index contributed by atoms with van der Waals surface area (Å²) in [5.41, 5.74) is 2.91. The van der Waals surface area contributed by atoms with E-state index in [1.807, 2.05) is 48.2 Å². The van der Waals surface area contributed by atoms with Crippen molar-refractivity contribution >= 4 is 40.6 Å². The third-order valence-corrected chi connectivity index (χ3v) is 6.98. The van der Waals surface area contributed by atoms with Crippen LogP contribution in [-0.2, 0) is 16.1 Å². The maximum atomic E-state index is 12.5. The monoisotopic (exact) mass is 470 g/mol. The van der Waals surface area contributed by atoms with Gasteiger partial charge in [0.25, 0.3) is 0 Å². The van der Waals surface area contributed by atoms with Crippen LogP contribution in [0.25, 0.3) is 10.8 Å². The van der Waals surface area contributed by atoms with E-state index in [1.54, 1.807) is 17.6 Å². The Morgan fingerprint density at radius 1 is 1.16 bits per heavy atom. The number of thioether (sulfide) groups is 1. The van der Waals surface area contributed by atoms with Gasteiger partial charge in [0.1, 0.15) is 0 Å². The van der Waals surface area contributed by atoms with Crippen molar-refractivity contribution in [3.8, 4) is 10.8 Å². The Balaban J connectivity index is 1.15. The molecule has 1 fully saturated rings. The number of amides is 2. The first kappa shape index (κ1) is 22.6. The molecular weight excluding hydrogens is 444 g/mol. The molecule has 3 aromatic rings. The molecule has 168 valence electrons. The highest BCUT2D eigenvalue weighted by atomic mass is 32.2. The predicted molar refractivity (Wildman–Crippen MR) is 129 cm³/mol. The minimum Gasteiger partial charge on any atom is -0.462 e. The minimum atomic E-state index is -0.0876. The Kier molecular flexibility index (Phi) is 7.62. The maximum Gasteiger partial charge on any atom is 0.234 e. The molecule has 1 N–H and O–H groups in total. The largest absolute Gasteiger partial charge is 0.462 e. The molecule has 0 radical (unpaired) electrons. The Morgan fingerprint density at radius 3 is 2.75 bits per heavy atom. The van der Waals surface area contributed by atoms with E-state index in [-0.39, 0.29) is 17.6 Å². The van der Waals surface area contributed by atoms with E-state index in [1.165, 1.54) is 11.8 Å². The lowest BCUT2D eigenvalue weighted by molar-refractivity contribution is -0.130. The van der Waals surface area contributed by atoms with Crippen molar-refractivity contribution in [2.75, 3.05) is 43.0 Å². The highest BCUT2D eigenvalue weighted by Crippen LogP contribution is 2.24. The second kappa shape index (κ2) is 10.8. The summed E-state index contributed by atoms with van der Waals surface area (Å²) in [6.07, 6.45) is 1.65. The highest BCUT2D eigenvalue weighted by Gasteiger charge is 2.22. The topological polar surface area (TPSA) is 78.7 Å². The van der Waals surface area contributed by atoms with Crippen LogP contribution in [0.4, 0.5) is 5.69 Å². The van der Waals surface area contributed by atoms with Gasteiger partial charge in [0.2, 0.25) is 11.8 Å². The zero-order valence-electron chi connectivity index (χ0n) is 18.0. The van der Waals surface area contributed by atoms with Gasteiger partial charge in [-0.25, -0.2) is 4.98 Å². The average molecular weight is 471 g/mol. The van der Waals surface area contributed by atoms with Crippen molar-refractivity contribution < 1.29 is 14.0 Å². The fraction of sp³-hybridized carbons (Fsp3) is 0.348. The van der Waals surface area contributed by atoms with Crippen LogP contribution in [0.5, 0.6) is 0 Å². The van der Waals surface area contributed by atoms with Gasteiger partial charge in [-0.15, -0.1) is 23.1 Å². The number of thiazole rings is 1. The number of benzene rings is 1. The molecule has 7 nitrogen and oxygen atoms in total. The van der Waals surface area contributed by atoms with E-state index in [9.17, 15) is 9.59 Å². The summed E-state index contributed by atoms with van der Waals surface area (Å²) in [5, 5.41) is 5.83. The van der Waals surface area contributed by atoms with Gasteiger partial charge in [-0.1, -0.05) is 12.1 Å². The van der Waals surface area contributed by atoms with Crippen LogP contribution < -0.4 is 5.32 Å². The number of aryl methyl sites for hydroxylation is 1. The number of hydrogen-bond acceptors (Lipinski definition) is 7. The number of hydrogen-bond donors (Lipinski definition) is 1. The van der Waals surface area contributed by atoms with Crippen molar-refractivity contribution in [3.63, 3.8) is 0 Å². The lowest BCUT2D eigenvalue weighted by atomic mass is 10.2. The Morgan fingerprint density at radius 2 is 2.00 bits per heavy atom. The molecule has 1 aliphatic rings. The first-order chi connectivity index (χ1) is 15.6. The van der Waals surface area contributed by atoms with Gasteiger partial charge in [-0.2, -0.15) is 0 Å². The van der Waals surface area contributed by atoms with E-state index in [0.717, 1.165) is 47.3 Å². The van der Waals surface area contributed by atoms with Crippen LogP contribution in [0.3, 0.4) is 0 Å². The van der Waals surface area contributed by atoms with E-state index in [4.69, 9.17) is 4.42 Å². The first-order valence-electron chi connectivity index (χ1n) is 10.5. The maximum absolute atomic E-state index is 12.5. The fourth-order valence-electron chi connectivity index (χ4n) is 3.52. The molecule has 0 spiro atoms. The summed E-state index contributed by atoms with van der Waals surface area (Å²) in [4.78, 5) is 33.5. The number of aromatic nitrogens is 1. The van der Waals surface area contributed by atoms with Crippen LogP contribution >= 0.6 is 23.1 Å². The summed E-state index contributed by atoms with van der Waals surface area (Å²) in [7, 11) is 0. The minimum absolute atomic E-state index is 0.0876. The summed E-state index contributed by atoms with van der Waals surface area (Å²) >= 11 is 2.94. The lowest BCUT2D eigenvalue weighted by Gasteiger charge is -2.34. The van der Waals surface area contributed by atoms with Gasteiger partial charge >= 0.3 is 0 Å². The quantitative estimate of drug-likeness (QED) is 0.541. The van der Waals surface area contributed by atoms with Crippen LogP contribution in [0.1, 0.15) is 11.3 Å². The van der Waals surface area contributed by atoms with Gasteiger partial charge in [-0.3, -0.25) is 14.5 Å². The van der Waals surface area contributed by atoms with Gasteiger partial charge in [-0.05, 0) is 36.8 Å². The van der Waals surface area contributed by atoms with Crippen LogP contribution in [0, 0.1) is 6.92 Å². The molecule has 4 rings (SSSR count). The predicted octanol–water partition coefficient (Wildman–Crippen LogP) is 3.73. The molecule has 1 aromatic carbocycles. The molecular formula is C23H26N4O3S2. The molecule has 3 heterocycles. The Bertz CT molecular complexity index is 1040. The average Bonchev–Trinajstić information content (AvgIpc) is 3.46. The zero-order chi connectivity index (χ0) is 22.3. The van der Waals surface area contributed by atoms with E-state index >= 15 is 0 Å². The molecule has 0 unspecified atom stereocenters. The second-order valence-electron chi connectivity index (χ2n) is 7.69. The highest BCUT2D eigenvalue weighted by molar-refractivity contribution is 8.00. The summed E-state index contributed by atoms with van der Waals surface area (Å²) in [5.74, 6) is 1.38. The van der Waals surface area contributed by atoms with E-state index in [2.05, 4.69) is 20.6 Å². The van der Waals surface area contributed by atoms with Crippen molar-refractivity contribution in [1.82, 2.24) is 14.8 Å². The van der Waals surface area contributed by atoms with E-state index in [0.29, 0.717) is 18.8 Å². The SMILES string of the molecule is Cc1cccc(NC(=O)CSCC(=O)N2CCN(Cc3csc(-c4ccco4)n3)CC2)c1. The molecule has 2 amide bonds. The van der Waals surface area contributed by atoms with Crippen molar-refractivity contribution in [1.29, 1.82) is 0 Å². The number of piperazine rings is 1. The van der Waals surface area contributed by atoms with Crippen molar-refractivity contribution in [2.24, 2.45) is 0 Å². The van der Waals surface area contributed by atoms with Gasteiger partial charge in [0, 0.05) is 43.8 Å². The summed E-state index contributed by atoms with van der Waals surface area (Å²) in [6, 6.07) is 11.5. The standard InChI is InChI=1S/C23H26N4O3S2/c1-17-4-2-5-18(12-17)24-21(28)15-31-16-22(29)27-9-7-26(8-10-27)13-19-14-32-23(25-19)20-6-3-11-30-20/h2-6,11-12,14H,7-10,13,15-16H2,1H3,(H,24,28). The summed E-state index contributed by atoms with van der Waals surface area (Å²) < 4.78 is 5.41.